The van der Waals surface area contributed by atoms with Crippen molar-refractivity contribution in [2.24, 2.45) is 0 Å². The first-order valence-electron chi connectivity index (χ1n) is 7.60. The highest BCUT2D eigenvalue weighted by Gasteiger charge is 2.15. The molecule has 0 aromatic heterocycles. The van der Waals surface area contributed by atoms with Crippen LogP contribution in [0.1, 0.15) is 17.2 Å². The summed E-state index contributed by atoms with van der Waals surface area (Å²) in [6, 6.07) is 13.3. The summed E-state index contributed by atoms with van der Waals surface area (Å²) in [4.78, 5) is 1.90. The Hall–Kier alpha value is -1.82. The lowest BCUT2D eigenvalue weighted by Crippen LogP contribution is -2.33. The molecule has 2 rings (SSSR count). The van der Waals surface area contributed by atoms with Crippen LogP contribution in [0, 0.1) is 11.6 Å². The number of halogens is 2. The lowest BCUT2D eigenvalue weighted by Gasteiger charge is -2.24. The Balaban J connectivity index is 1.96. The summed E-state index contributed by atoms with van der Waals surface area (Å²) in [7, 11) is 0. The second-order valence-electron chi connectivity index (χ2n) is 5.45. The van der Waals surface area contributed by atoms with Crippen molar-refractivity contribution in [2.75, 3.05) is 26.2 Å². The van der Waals surface area contributed by atoms with Gasteiger partial charge in [0.05, 0.1) is 12.7 Å². The molecule has 124 valence electrons. The second-order valence-corrected chi connectivity index (χ2v) is 5.45. The molecular formula is C18H21F2NO2. The van der Waals surface area contributed by atoms with Crippen LogP contribution in [0.4, 0.5) is 8.78 Å². The summed E-state index contributed by atoms with van der Waals surface area (Å²) < 4.78 is 26.2. The van der Waals surface area contributed by atoms with Crippen molar-refractivity contribution in [3.8, 4) is 0 Å². The number of nitrogens with zero attached hydrogens (tertiary/aromatic N) is 1. The van der Waals surface area contributed by atoms with Gasteiger partial charge in [-0.1, -0.05) is 36.4 Å². The summed E-state index contributed by atoms with van der Waals surface area (Å²) in [5.41, 5.74) is 1.49. The van der Waals surface area contributed by atoms with Crippen molar-refractivity contribution in [1.29, 1.82) is 0 Å². The van der Waals surface area contributed by atoms with Crippen LogP contribution in [-0.2, 0) is 6.42 Å². The molecular weight excluding hydrogens is 300 g/mol. The van der Waals surface area contributed by atoms with Crippen molar-refractivity contribution in [2.45, 2.75) is 12.5 Å². The molecule has 2 aromatic rings. The van der Waals surface area contributed by atoms with Crippen molar-refractivity contribution in [1.82, 2.24) is 4.90 Å². The summed E-state index contributed by atoms with van der Waals surface area (Å²) >= 11 is 0. The molecule has 2 aromatic carbocycles. The molecule has 0 spiro atoms. The molecule has 5 heteroatoms. The topological polar surface area (TPSA) is 43.7 Å². The van der Waals surface area contributed by atoms with Gasteiger partial charge in [0.15, 0.2) is 11.6 Å². The fourth-order valence-electron chi connectivity index (χ4n) is 2.44. The first-order valence-corrected chi connectivity index (χ1v) is 7.60. The molecule has 1 unspecified atom stereocenters. The quantitative estimate of drug-likeness (QED) is 0.785. The predicted octanol–water partition coefficient (Wildman–Crippen LogP) is 2.54. The van der Waals surface area contributed by atoms with Gasteiger partial charge in [0.2, 0.25) is 0 Å². The van der Waals surface area contributed by atoms with Crippen LogP contribution in [0.5, 0.6) is 0 Å². The molecule has 1 atom stereocenters. The Bertz CT molecular complexity index is 607. The molecule has 0 aliphatic heterocycles. The number of benzene rings is 2. The third-order valence-corrected chi connectivity index (χ3v) is 3.74. The minimum atomic E-state index is -0.973. The van der Waals surface area contributed by atoms with Crippen LogP contribution in [-0.4, -0.2) is 41.4 Å². The third kappa shape index (κ3) is 5.39. The molecule has 0 radical (unpaired) electrons. The molecule has 3 nitrogen and oxygen atoms in total. The van der Waals surface area contributed by atoms with Crippen LogP contribution in [0.2, 0.25) is 0 Å². The third-order valence-electron chi connectivity index (χ3n) is 3.74. The minimum absolute atomic E-state index is 0.0285. The number of hydrogen-bond donors (Lipinski definition) is 2. The fourth-order valence-corrected chi connectivity index (χ4v) is 2.44. The van der Waals surface area contributed by atoms with E-state index in [-0.39, 0.29) is 13.2 Å². The number of aliphatic hydroxyl groups excluding tert-OH is 2. The second kappa shape index (κ2) is 8.72. The van der Waals surface area contributed by atoms with Crippen molar-refractivity contribution >= 4 is 0 Å². The lowest BCUT2D eigenvalue weighted by atomic mass is 10.1. The average Bonchev–Trinajstić information content (AvgIpc) is 2.56. The van der Waals surface area contributed by atoms with Gasteiger partial charge < -0.3 is 10.2 Å². The van der Waals surface area contributed by atoms with Gasteiger partial charge >= 0.3 is 0 Å². The molecule has 0 amide bonds. The van der Waals surface area contributed by atoms with E-state index in [0.29, 0.717) is 18.7 Å². The molecule has 0 bridgehead atoms. The van der Waals surface area contributed by atoms with E-state index in [4.69, 9.17) is 5.11 Å². The lowest BCUT2D eigenvalue weighted by molar-refractivity contribution is 0.100. The molecule has 0 heterocycles. The Kier molecular flexibility index (Phi) is 6.65. The van der Waals surface area contributed by atoms with E-state index in [9.17, 15) is 13.9 Å². The first-order chi connectivity index (χ1) is 11.1. The van der Waals surface area contributed by atoms with Gasteiger partial charge in [0.1, 0.15) is 0 Å². The minimum Gasteiger partial charge on any atom is -0.395 e. The van der Waals surface area contributed by atoms with E-state index in [0.717, 1.165) is 24.1 Å². The highest BCUT2D eigenvalue weighted by Crippen LogP contribution is 2.17. The van der Waals surface area contributed by atoms with Crippen LogP contribution in [0.15, 0.2) is 48.5 Å². The van der Waals surface area contributed by atoms with Gasteiger partial charge in [-0.25, -0.2) is 8.78 Å². The highest BCUT2D eigenvalue weighted by atomic mass is 19.2. The zero-order valence-corrected chi connectivity index (χ0v) is 12.8. The summed E-state index contributed by atoms with van der Waals surface area (Å²) in [6.07, 6.45) is -0.154. The van der Waals surface area contributed by atoms with Crippen molar-refractivity contribution in [3.05, 3.63) is 71.3 Å². The Morgan fingerprint density at radius 1 is 0.957 bits per heavy atom. The van der Waals surface area contributed by atoms with Crippen LogP contribution in [0.25, 0.3) is 0 Å². The molecule has 0 aliphatic rings. The standard InChI is InChI=1S/C18H21F2NO2/c19-16-7-6-15(12-17(16)20)18(23)13-21(10-11-22)9-8-14-4-2-1-3-5-14/h1-7,12,18,22-23H,8-11,13H2. The normalized spacial score (nSPS) is 12.6. The SMILES string of the molecule is OCCN(CCc1ccccc1)CC(O)c1ccc(F)c(F)c1. The van der Waals surface area contributed by atoms with Gasteiger partial charge in [0, 0.05) is 19.6 Å². The van der Waals surface area contributed by atoms with E-state index in [1.54, 1.807) is 0 Å². The van der Waals surface area contributed by atoms with Gasteiger partial charge in [0.25, 0.3) is 0 Å². The van der Waals surface area contributed by atoms with Crippen molar-refractivity contribution < 1.29 is 19.0 Å². The van der Waals surface area contributed by atoms with Crippen LogP contribution in [0.3, 0.4) is 0 Å². The molecule has 0 fully saturated rings. The number of aliphatic hydroxyl groups is 2. The maximum absolute atomic E-state index is 13.3. The molecule has 23 heavy (non-hydrogen) atoms. The first kappa shape index (κ1) is 17.5. The largest absolute Gasteiger partial charge is 0.395 e. The monoisotopic (exact) mass is 321 g/mol. The molecule has 0 saturated carbocycles. The zero-order valence-electron chi connectivity index (χ0n) is 12.8. The van der Waals surface area contributed by atoms with Crippen LogP contribution >= 0.6 is 0 Å². The zero-order chi connectivity index (χ0) is 16.7. The van der Waals surface area contributed by atoms with Gasteiger partial charge in [-0.15, -0.1) is 0 Å². The van der Waals surface area contributed by atoms with E-state index in [2.05, 4.69) is 0 Å². The highest BCUT2D eigenvalue weighted by molar-refractivity contribution is 5.20. The maximum atomic E-state index is 13.3. The predicted molar refractivity (Wildman–Crippen MR) is 85.0 cm³/mol. The van der Waals surface area contributed by atoms with E-state index >= 15 is 0 Å². The summed E-state index contributed by atoms with van der Waals surface area (Å²) in [5.74, 6) is -1.91. The molecule has 0 saturated heterocycles. The Labute approximate surface area is 134 Å². The summed E-state index contributed by atoms with van der Waals surface area (Å²) in [6.45, 7) is 1.29. The van der Waals surface area contributed by atoms with Gasteiger partial charge in [-0.05, 0) is 29.7 Å². The molecule has 0 aliphatic carbocycles. The van der Waals surface area contributed by atoms with E-state index in [1.807, 2.05) is 35.2 Å². The number of hydrogen-bond acceptors (Lipinski definition) is 3. The maximum Gasteiger partial charge on any atom is 0.159 e. The van der Waals surface area contributed by atoms with Gasteiger partial charge in [-0.3, -0.25) is 4.90 Å². The smallest absolute Gasteiger partial charge is 0.159 e. The van der Waals surface area contributed by atoms with Crippen molar-refractivity contribution in [3.63, 3.8) is 0 Å². The average molecular weight is 321 g/mol. The Morgan fingerprint density at radius 2 is 1.70 bits per heavy atom. The summed E-state index contributed by atoms with van der Waals surface area (Å²) in [5, 5.41) is 19.4. The van der Waals surface area contributed by atoms with Gasteiger partial charge in [-0.2, -0.15) is 0 Å². The Morgan fingerprint density at radius 3 is 2.35 bits per heavy atom. The van der Waals surface area contributed by atoms with E-state index in [1.165, 1.54) is 6.07 Å². The number of rotatable bonds is 8. The van der Waals surface area contributed by atoms with Crippen LogP contribution < -0.4 is 0 Å². The molecule has 2 N–H and O–H groups in total. The fraction of sp³-hybridized carbons (Fsp3) is 0.333. The van der Waals surface area contributed by atoms with E-state index < -0.39 is 17.7 Å².